The summed E-state index contributed by atoms with van der Waals surface area (Å²) in [5.74, 6) is -1.10. The fourth-order valence-electron chi connectivity index (χ4n) is 1.43. The number of carboxylic acid groups (broad SMARTS) is 1. The number of aromatic carboxylic acids is 1. The third-order valence-corrected chi connectivity index (χ3v) is 2.72. The van der Waals surface area contributed by atoms with Gasteiger partial charge in [-0.05, 0) is 30.3 Å². The van der Waals surface area contributed by atoms with E-state index in [-0.39, 0.29) is 22.2 Å². The lowest BCUT2D eigenvalue weighted by atomic mass is 10.2. The standard InChI is InChI=1S/C13H7ClF3NO3/c14-10-5-8(13(15,16)17)6-18-11(10)21-9-3-1-7(2-4-9)12(19)20/h1-6H,(H,19,20). The first kappa shape index (κ1) is 15.1. The summed E-state index contributed by atoms with van der Waals surface area (Å²) in [5.41, 5.74) is -0.935. The molecule has 0 amide bonds. The molecule has 0 saturated heterocycles. The lowest BCUT2D eigenvalue weighted by Gasteiger charge is -2.10. The monoisotopic (exact) mass is 317 g/mol. The maximum atomic E-state index is 12.5. The lowest BCUT2D eigenvalue weighted by Crippen LogP contribution is -2.05. The van der Waals surface area contributed by atoms with Crippen molar-refractivity contribution in [3.8, 4) is 11.6 Å². The maximum absolute atomic E-state index is 12.5. The summed E-state index contributed by atoms with van der Waals surface area (Å²) in [6.45, 7) is 0. The van der Waals surface area contributed by atoms with E-state index in [1.54, 1.807) is 0 Å². The van der Waals surface area contributed by atoms with Gasteiger partial charge in [0.2, 0.25) is 5.88 Å². The average molecular weight is 318 g/mol. The molecule has 0 saturated carbocycles. The second-order valence-electron chi connectivity index (χ2n) is 3.94. The van der Waals surface area contributed by atoms with E-state index in [1.807, 2.05) is 0 Å². The molecule has 0 radical (unpaired) electrons. The van der Waals surface area contributed by atoms with Gasteiger partial charge in [0.05, 0.1) is 11.1 Å². The van der Waals surface area contributed by atoms with E-state index >= 15 is 0 Å². The van der Waals surface area contributed by atoms with Gasteiger partial charge in [-0.3, -0.25) is 0 Å². The number of hydrogen-bond donors (Lipinski definition) is 1. The second-order valence-corrected chi connectivity index (χ2v) is 4.35. The van der Waals surface area contributed by atoms with Gasteiger partial charge < -0.3 is 9.84 Å². The van der Waals surface area contributed by atoms with Crippen LogP contribution in [0.2, 0.25) is 5.02 Å². The molecule has 0 aliphatic carbocycles. The van der Waals surface area contributed by atoms with Gasteiger partial charge in [-0.15, -0.1) is 0 Å². The Morgan fingerprint density at radius 1 is 1.24 bits per heavy atom. The molecule has 4 nitrogen and oxygen atoms in total. The number of rotatable bonds is 3. The van der Waals surface area contributed by atoms with Crippen LogP contribution in [0.5, 0.6) is 11.6 Å². The van der Waals surface area contributed by atoms with Gasteiger partial charge in [-0.25, -0.2) is 9.78 Å². The Hall–Kier alpha value is -2.28. The maximum Gasteiger partial charge on any atom is 0.417 e. The highest BCUT2D eigenvalue weighted by Gasteiger charge is 2.31. The van der Waals surface area contributed by atoms with Crippen molar-refractivity contribution in [2.75, 3.05) is 0 Å². The molecule has 0 spiro atoms. The Balaban J connectivity index is 2.22. The fraction of sp³-hybridized carbons (Fsp3) is 0.0769. The minimum atomic E-state index is -4.54. The molecule has 2 aromatic rings. The minimum Gasteiger partial charge on any atom is -0.478 e. The first-order chi connectivity index (χ1) is 9.77. The Labute approximate surface area is 121 Å². The molecule has 21 heavy (non-hydrogen) atoms. The van der Waals surface area contributed by atoms with E-state index in [4.69, 9.17) is 21.4 Å². The Kier molecular flexibility index (Phi) is 4.04. The number of alkyl halides is 3. The van der Waals surface area contributed by atoms with Crippen LogP contribution in [0.4, 0.5) is 13.2 Å². The predicted molar refractivity (Wildman–Crippen MR) is 67.7 cm³/mol. The fourth-order valence-corrected chi connectivity index (χ4v) is 1.64. The van der Waals surface area contributed by atoms with Crippen LogP contribution in [0, 0.1) is 0 Å². The van der Waals surface area contributed by atoms with E-state index in [9.17, 15) is 18.0 Å². The zero-order chi connectivity index (χ0) is 15.6. The molecular weight excluding hydrogens is 311 g/mol. The number of ether oxygens (including phenoxy) is 1. The molecule has 0 atom stereocenters. The highest BCUT2D eigenvalue weighted by molar-refractivity contribution is 6.31. The summed E-state index contributed by atoms with van der Waals surface area (Å²) in [5, 5.41) is 8.44. The Morgan fingerprint density at radius 3 is 2.33 bits per heavy atom. The summed E-state index contributed by atoms with van der Waals surface area (Å²) < 4.78 is 42.6. The van der Waals surface area contributed by atoms with Gasteiger partial charge in [0.25, 0.3) is 0 Å². The van der Waals surface area contributed by atoms with Crippen LogP contribution in [-0.2, 0) is 6.18 Å². The molecule has 0 aliphatic heterocycles. The quantitative estimate of drug-likeness (QED) is 0.919. The molecule has 0 fully saturated rings. The number of carboxylic acids is 1. The molecule has 2 rings (SSSR count). The minimum absolute atomic E-state index is 0.0498. The van der Waals surface area contributed by atoms with Crippen molar-refractivity contribution in [2.24, 2.45) is 0 Å². The van der Waals surface area contributed by atoms with Gasteiger partial charge in [0.15, 0.2) is 0 Å². The van der Waals surface area contributed by atoms with E-state index in [1.165, 1.54) is 24.3 Å². The van der Waals surface area contributed by atoms with Crippen molar-refractivity contribution in [3.63, 3.8) is 0 Å². The number of nitrogens with zero attached hydrogens (tertiary/aromatic N) is 1. The zero-order valence-electron chi connectivity index (χ0n) is 10.2. The van der Waals surface area contributed by atoms with Crippen molar-refractivity contribution in [1.82, 2.24) is 4.98 Å². The molecule has 1 aromatic carbocycles. The molecule has 110 valence electrons. The normalized spacial score (nSPS) is 11.2. The summed E-state index contributed by atoms with van der Waals surface area (Å²) in [4.78, 5) is 14.2. The first-order valence-electron chi connectivity index (χ1n) is 5.51. The van der Waals surface area contributed by atoms with Crippen LogP contribution >= 0.6 is 11.6 Å². The summed E-state index contributed by atoms with van der Waals surface area (Å²) in [7, 11) is 0. The molecular formula is C13H7ClF3NO3. The van der Waals surface area contributed by atoms with Gasteiger partial charge in [-0.1, -0.05) is 11.6 Å². The summed E-state index contributed by atoms with van der Waals surface area (Å²) in [6.07, 6.45) is -3.94. The van der Waals surface area contributed by atoms with Gasteiger partial charge in [0.1, 0.15) is 10.8 Å². The van der Waals surface area contributed by atoms with Gasteiger partial charge in [-0.2, -0.15) is 13.2 Å². The topological polar surface area (TPSA) is 59.4 Å². The van der Waals surface area contributed by atoms with Crippen molar-refractivity contribution < 1.29 is 27.8 Å². The second kappa shape index (κ2) is 5.61. The van der Waals surface area contributed by atoms with Crippen molar-refractivity contribution in [2.45, 2.75) is 6.18 Å². The van der Waals surface area contributed by atoms with Gasteiger partial charge >= 0.3 is 12.1 Å². The van der Waals surface area contributed by atoms with Crippen LogP contribution in [-0.4, -0.2) is 16.1 Å². The molecule has 0 aliphatic rings. The smallest absolute Gasteiger partial charge is 0.417 e. The molecule has 8 heteroatoms. The Bertz CT molecular complexity index is 671. The van der Waals surface area contributed by atoms with Crippen LogP contribution in [0.15, 0.2) is 36.5 Å². The number of hydrogen-bond acceptors (Lipinski definition) is 3. The Morgan fingerprint density at radius 2 is 1.86 bits per heavy atom. The molecule has 1 N–H and O–H groups in total. The molecule has 0 bridgehead atoms. The molecule has 1 aromatic heterocycles. The SMILES string of the molecule is O=C(O)c1ccc(Oc2ncc(C(F)(F)F)cc2Cl)cc1. The first-order valence-corrected chi connectivity index (χ1v) is 5.89. The van der Waals surface area contributed by atoms with Gasteiger partial charge in [0, 0.05) is 6.20 Å². The number of halogens is 4. The molecule has 1 heterocycles. The third kappa shape index (κ3) is 3.63. The number of pyridine rings is 1. The third-order valence-electron chi connectivity index (χ3n) is 2.45. The number of carbonyl (C=O) groups is 1. The van der Waals surface area contributed by atoms with Crippen LogP contribution in [0.25, 0.3) is 0 Å². The van der Waals surface area contributed by atoms with E-state index in [0.29, 0.717) is 12.3 Å². The highest BCUT2D eigenvalue weighted by Crippen LogP contribution is 2.34. The number of benzene rings is 1. The lowest BCUT2D eigenvalue weighted by molar-refractivity contribution is -0.137. The average Bonchev–Trinajstić information content (AvgIpc) is 2.40. The van der Waals surface area contributed by atoms with Crippen molar-refractivity contribution in [1.29, 1.82) is 0 Å². The van der Waals surface area contributed by atoms with E-state index in [2.05, 4.69) is 4.98 Å². The van der Waals surface area contributed by atoms with Crippen LogP contribution in [0.3, 0.4) is 0 Å². The largest absolute Gasteiger partial charge is 0.478 e. The van der Waals surface area contributed by atoms with E-state index < -0.39 is 17.7 Å². The molecule has 0 unspecified atom stereocenters. The summed E-state index contributed by atoms with van der Waals surface area (Å²) in [6, 6.07) is 5.97. The number of aromatic nitrogens is 1. The van der Waals surface area contributed by atoms with E-state index in [0.717, 1.165) is 0 Å². The predicted octanol–water partition coefficient (Wildman–Crippen LogP) is 4.24. The van der Waals surface area contributed by atoms with Crippen LogP contribution in [0.1, 0.15) is 15.9 Å². The summed E-state index contributed by atoms with van der Waals surface area (Å²) >= 11 is 5.69. The van der Waals surface area contributed by atoms with Crippen molar-refractivity contribution in [3.05, 3.63) is 52.7 Å². The highest BCUT2D eigenvalue weighted by atomic mass is 35.5. The zero-order valence-corrected chi connectivity index (χ0v) is 10.9. The van der Waals surface area contributed by atoms with Crippen LogP contribution < -0.4 is 4.74 Å². The van der Waals surface area contributed by atoms with Crippen molar-refractivity contribution >= 4 is 17.6 Å².